The van der Waals surface area contributed by atoms with Crippen molar-refractivity contribution in [2.45, 2.75) is 19.3 Å². The van der Waals surface area contributed by atoms with Crippen molar-refractivity contribution in [2.75, 3.05) is 19.6 Å². The third-order valence-corrected chi connectivity index (χ3v) is 6.05. The van der Waals surface area contributed by atoms with Gasteiger partial charge in [0.25, 0.3) is 0 Å². The fraction of sp³-hybridized carbons (Fsp3) is 0.429. The molecule has 0 radical (unpaired) electrons. The molecule has 1 aromatic rings. The molecule has 142 valence electrons. The second-order valence-corrected chi connectivity index (χ2v) is 7.60. The molecule has 7 heteroatoms. The molecule has 1 saturated carbocycles. The molecule has 1 aliphatic heterocycles. The molecule has 3 rings (SSSR count). The van der Waals surface area contributed by atoms with Gasteiger partial charge >= 0.3 is 0 Å². The maximum atomic E-state index is 14.9. The minimum Gasteiger partial charge on any atom is -0.305 e. The van der Waals surface area contributed by atoms with Gasteiger partial charge in [0.2, 0.25) is 0 Å². The van der Waals surface area contributed by atoms with Gasteiger partial charge in [0.15, 0.2) is 5.41 Å². The summed E-state index contributed by atoms with van der Waals surface area (Å²) in [6.07, 6.45) is 2.81. The minimum atomic E-state index is -1.95. The molecule has 0 saturated heterocycles. The molecular formula is C21H19ClFN5. The van der Waals surface area contributed by atoms with Crippen LogP contribution in [0.4, 0.5) is 4.39 Å². The largest absolute Gasteiger partial charge is 0.305 e. The third kappa shape index (κ3) is 2.89. The van der Waals surface area contributed by atoms with Crippen LogP contribution in [0.2, 0.25) is 5.02 Å². The number of nitrogens with zero attached hydrogens (tertiary/aromatic N) is 4. The molecule has 0 spiro atoms. The van der Waals surface area contributed by atoms with E-state index in [0.29, 0.717) is 18.7 Å². The molecular weight excluding hydrogens is 377 g/mol. The number of hydrogen-bond acceptors (Lipinski definition) is 5. The molecule has 1 fully saturated rings. The summed E-state index contributed by atoms with van der Waals surface area (Å²) in [6.45, 7) is 3.95. The molecule has 3 unspecified atom stereocenters. The van der Waals surface area contributed by atoms with E-state index in [0.717, 1.165) is 13.0 Å². The predicted molar refractivity (Wildman–Crippen MR) is 103 cm³/mol. The van der Waals surface area contributed by atoms with Gasteiger partial charge in [-0.15, -0.1) is 0 Å². The van der Waals surface area contributed by atoms with E-state index in [2.05, 4.69) is 11.0 Å². The zero-order chi connectivity index (χ0) is 20.5. The van der Waals surface area contributed by atoms with Crippen LogP contribution in [-0.4, -0.2) is 30.2 Å². The van der Waals surface area contributed by atoms with E-state index in [1.165, 1.54) is 18.2 Å². The molecule has 0 bridgehead atoms. The van der Waals surface area contributed by atoms with Crippen LogP contribution in [-0.2, 0) is 0 Å². The molecule has 3 atom stereocenters. The van der Waals surface area contributed by atoms with Crippen LogP contribution in [0.15, 0.2) is 29.8 Å². The quantitative estimate of drug-likeness (QED) is 0.780. The van der Waals surface area contributed by atoms with Gasteiger partial charge in [0.05, 0.1) is 23.9 Å². The maximum Gasteiger partial charge on any atom is 0.189 e. The Balaban J connectivity index is 2.29. The second-order valence-electron chi connectivity index (χ2n) is 7.19. The highest BCUT2D eigenvalue weighted by Crippen LogP contribution is 2.55. The highest BCUT2D eigenvalue weighted by molar-refractivity contribution is 6.31. The maximum absolute atomic E-state index is 14.9. The summed E-state index contributed by atoms with van der Waals surface area (Å²) >= 11 is 6.32. The van der Waals surface area contributed by atoms with Crippen molar-refractivity contribution >= 4 is 17.3 Å². The first-order valence-electron chi connectivity index (χ1n) is 9.12. The van der Waals surface area contributed by atoms with Gasteiger partial charge in [-0.3, -0.25) is 4.90 Å². The van der Waals surface area contributed by atoms with E-state index >= 15 is 0 Å². The minimum absolute atomic E-state index is 0.0719. The molecule has 1 aliphatic carbocycles. The summed E-state index contributed by atoms with van der Waals surface area (Å²) < 4.78 is 14.9. The first-order valence-corrected chi connectivity index (χ1v) is 9.50. The van der Waals surface area contributed by atoms with E-state index in [9.17, 15) is 20.2 Å². The molecule has 2 aliphatic rings. The Morgan fingerprint density at radius 1 is 1.32 bits per heavy atom. The van der Waals surface area contributed by atoms with Crippen LogP contribution in [0, 0.1) is 62.5 Å². The van der Waals surface area contributed by atoms with Crippen molar-refractivity contribution in [1.29, 1.82) is 21.2 Å². The second kappa shape index (κ2) is 7.72. The lowest BCUT2D eigenvalue weighted by molar-refractivity contribution is 0.202. The number of hydrogen-bond donors (Lipinski definition) is 1. The van der Waals surface area contributed by atoms with Crippen molar-refractivity contribution in [3.8, 4) is 18.2 Å². The zero-order valence-electron chi connectivity index (χ0n) is 15.4. The number of nitrogens with one attached hydrogen (secondary N) is 1. The number of halogens is 2. The molecule has 0 amide bonds. The van der Waals surface area contributed by atoms with Crippen LogP contribution < -0.4 is 0 Å². The highest BCUT2D eigenvalue weighted by Gasteiger charge is 2.58. The summed E-state index contributed by atoms with van der Waals surface area (Å²) in [4.78, 5) is 2.15. The third-order valence-electron chi connectivity index (χ3n) is 5.72. The summed E-state index contributed by atoms with van der Waals surface area (Å²) in [7, 11) is 0. The topological polar surface area (TPSA) is 98.5 Å². The van der Waals surface area contributed by atoms with E-state index < -0.39 is 29.0 Å². The van der Waals surface area contributed by atoms with Crippen molar-refractivity contribution in [1.82, 2.24) is 4.90 Å². The molecule has 28 heavy (non-hydrogen) atoms. The Morgan fingerprint density at radius 3 is 2.61 bits per heavy atom. The van der Waals surface area contributed by atoms with Gasteiger partial charge in [-0.2, -0.15) is 15.8 Å². The number of nitriles is 3. The summed E-state index contributed by atoms with van der Waals surface area (Å²) in [6, 6.07) is 10.2. The Kier molecular flexibility index (Phi) is 5.52. The van der Waals surface area contributed by atoms with Gasteiger partial charge in [-0.1, -0.05) is 30.7 Å². The van der Waals surface area contributed by atoms with Crippen LogP contribution in [0.5, 0.6) is 0 Å². The predicted octanol–water partition coefficient (Wildman–Crippen LogP) is 4.04. The molecule has 1 N–H and O–H groups in total. The first kappa shape index (κ1) is 20.0. The SMILES string of the molecule is CCCN1CC=C2C(C#N)C(=N)C(C#N)(C#N)C(c3c(F)cccc3Cl)C2C1. The van der Waals surface area contributed by atoms with Crippen LogP contribution in [0.3, 0.4) is 0 Å². The smallest absolute Gasteiger partial charge is 0.189 e. The van der Waals surface area contributed by atoms with Crippen molar-refractivity contribution in [3.05, 3.63) is 46.3 Å². The number of benzene rings is 1. The summed E-state index contributed by atoms with van der Waals surface area (Å²) in [5.41, 5.74) is -1.49. The Hall–Kier alpha value is -2.72. The lowest BCUT2D eigenvalue weighted by Crippen LogP contribution is -2.53. The summed E-state index contributed by atoms with van der Waals surface area (Å²) in [5.74, 6) is -2.98. The molecule has 1 heterocycles. The number of rotatable bonds is 3. The van der Waals surface area contributed by atoms with Crippen molar-refractivity contribution < 1.29 is 4.39 Å². The fourth-order valence-electron chi connectivity index (χ4n) is 4.49. The van der Waals surface area contributed by atoms with Gasteiger partial charge < -0.3 is 5.41 Å². The first-order chi connectivity index (χ1) is 13.4. The van der Waals surface area contributed by atoms with Gasteiger partial charge in [0, 0.05) is 35.5 Å². The Morgan fingerprint density at radius 2 is 2.04 bits per heavy atom. The van der Waals surface area contributed by atoms with E-state index in [4.69, 9.17) is 17.0 Å². The van der Waals surface area contributed by atoms with Crippen molar-refractivity contribution in [2.24, 2.45) is 17.3 Å². The van der Waals surface area contributed by atoms with Crippen LogP contribution >= 0.6 is 11.6 Å². The number of fused-ring (bicyclic) bond motifs is 1. The average molecular weight is 396 g/mol. The molecule has 5 nitrogen and oxygen atoms in total. The van der Waals surface area contributed by atoms with Gasteiger partial charge in [0.1, 0.15) is 11.7 Å². The average Bonchev–Trinajstić information content (AvgIpc) is 2.69. The van der Waals surface area contributed by atoms with E-state index in [-0.39, 0.29) is 16.3 Å². The normalized spacial score (nSPS) is 26.4. The Labute approximate surface area is 168 Å². The lowest BCUT2D eigenvalue weighted by atomic mass is 9.54. The standard InChI is InChI=1S/C21H19ClFN5/c1-2-7-28-8-6-13-14(9-24)20(27)21(11-25,12-26)19(15(13)10-28)18-16(22)4-3-5-17(18)23/h3-6,14-15,19,27H,2,7-8,10H2,1H3. The van der Waals surface area contributed by atoms with E-state index in [1.54, 1.807) is 0 Å². The van der Waals surface area contributed by atoms with Crippen LogP contribution in [0.25, 0.3) is 0 Å². The highest BCUT2D eigenvalue weighted by atomic mass is 35.5. The molecule has 0 aromatic heterocycles. The fourth-order valence-corrected chi connectivity index (χ4v) is 4.77. The monoisotopic (exact) mass is 395 g/mol. The van der Waals surface area contributed by atoms with Gasteiger partial charge in [-0.25, -0.2) is 4.39 Å². The van der Waals surface area contributed by atoms with Crippen molar-refractivity contribution in [3.63, 3.8) is 0 Å². The van der Waals surface area contributed by atoms with E-state index in [1.807, 2.05) is 25.1 Å². The Bertz CT molecular complexity index is 930. The summed E-state index contributed by atoms with van der Waals surface area (Å²) in [5, 5.41) is 38.3. The lowest BCUT2D eigenvalue weighted by Gasteiger charge is -2.48. The zero-order valence-corrected chi connectivity index (χ0v) is 16.2. The van der Waals surface area contributed by atoms with Gasteiger partial charge in [-0.05, 0) is 30.7 Å². The van der Waals surface area contributed by atoms with Crippen LogP contribution in [0.1, 0.15) is 24.8 Å². The molecule has 1 aromatic carbocycles.